The summed E-state index contributed by atoms with van der Waals surface area (Å²) in [6.07, 6.45) is 3.88. The van der Waals surface area contributed by atoms with Crippen molar-refractivity contribution in [1.82, 2.24) is 9.55 Å². The van der Waals surface area contributed by atoms with Crippen LogP contribution in [0.1, 0.15) is 17.0 Å². The van der Waals surface area contributed by atoms with Crippen molar-refractivity contribution in [3.63, 3.8) is 0 Å². The Kier molecular flexibility index (Phi) is 4.55. The van der Waals surface area contributed by atoms with Gasteiger partial charge in [0.05, 0.1) is 17.6 Å². The molecular weight excluding hydrogens is 347 g/mol. The lowest BCUT2D eigenvalue weighted by molar-refractivity contribution is 0.628. The van der Waals surface area contributed by atoms with Crippen molar-refractivity contribution in [3.8, 4) is 0 Å². The van der Waals surface area contributed by atoms with Crippen LogP contribution in [0, 0.1) is 5.82 Å². The first-order valence-corrected chi connectivity index (χ1v) is 8.71. The highest BCUT2D eigenvalue weighted by atomic mass is 35.5. The SMILES string of the molecule is Fc1ccc(C=Cc2nc3ccccc3n2Cc2ccccc2Cl)cc1. The number of para-hydroxylation sites is 2. The van der Waals surface area contributed by atoms with Gasteiger partial charge in [0.15, 0.2) is 0 Å². The van der Waals surface area contributed by atoms with E-state index in [0.29, 0.717) is 6.54 Å². The second kappa shape index (κ2) is 7.14. The van der Waals surface area contributed by atoms with E-state index in [4.69, 9.17) is 16.6 Å². The number of nitrogens with zero attached hydrogens (tertiary/aromatic N) is 2. The fraction of sp³-hybridized carbons (Fsp3) is 0.0455. The number of hydrogen-bond acceptors (Lipinski definition) is 1. The summed E-state index contributed by atoms with van der Waals surface area (Å²) in [6, 6.07) is 22.2. The zero-order chi connectivity index (χ0) is 17.9. The van der Waals surface area contributed by atoms with Gasteiger partial charge in [-0.05, 0) is 47.5 Å². The van der Waals surface area contributed by atoms with Crippen LogP contribution in [-0.4, -0.2) is 9.55 Å². The third kappa shape index (κ3) is 3.39. The summed E-state index contributed by atoms with van der Waals surface area (Å²) in [7, 11) is 0. The van der Waals surface area contributed by atoms with E-state index in [1.165, 1.54) is 12.1 Å². The van der Waals surface area contributed by atoms with Gasteiger partial charge in [-0.3, -0.25) is 0 Å². The Labute approximate surface area is 156 Å². The highest BCUT2D eigenvalue weighted by molar-refractivity contribution is 6.31. The molecule has 4 rings (SSSR count). The van der Waals surface area contributed by atoms with E-state index in [9.17, 15) is 4.39 Å². The van der Waals surface area contributed by atoms with Crippen LogP contribution in [0.2, 0.25) is 5.02 Å². The summed E-state index contributed by atoms with van der Waals surface area (Å²) in [4.78, 5) is 4.73. The Morgan fingerprint density at radius 1 is 0.885 bits per heavy atom. The van der Waals surface area contributed by atoms with Crippen molar-refractivity contribution < 1.29 is 4.39 Å². The molecule has 0 bridgehead atoms. The van der Waals surface area contributed by atoms with Gasteiger partial charge in [0, 0.05) is 5.02 Å². The first kappa shape index (κ1) is 16.6. The van der Waals surface area contributed by atoms with Crippen LogP contribution in [0.15, 0.2) is 72.8 Å². The second-order valence-electron chi connectivity index (χ2n) is 6.02. The summed E-state index contributed by atoms with van der Waals surface area (Å²) >= 11 is 6.35. The topological polar surface area (TPSA) is 17.8 Å². The molecular formula is C22H16ClFN2. The third-order valence-electron chi connectivity index (χ3n) is 4.27. The Morgan fingerprint density at radius 3 is 2.42 bits per heavy atom. The molecule has 0 unspecified atom stereocenters. The molecule has 0 N–H and O–H groups in total. The molecule has 0 atom stereocenters. The van der Waals surface area contributed by atoms with Crippen LogP contribution in [0.5, 0.6) is 0 Å². The van der Waals surface area contributed by atoms with E-state index >= 15 is 0 Å². The molecule has 4 aromatic rings. The minimum absolute atomic E-state index is 0.242. The van der Waals surface area contributed by atoms with Gasteiger partial charge >= 0.3 is 0 Å². The highest BCUT2D eigenvalue weighted by Gasteiger charge is 2.10. The maximum atomic E-state index is 13.1. The average molecular weight is 363 g/mol. The van der Waals surface area contributed by atoms with Gasteiger partial charge in [0.2, 0.25) is 0 Å². The van der Waals surface area contributed by atoms with E-state index in [0.717, 1.165) is 33.0 Å². The van der Waals surface area contributed by atoms with Crippen molar-refractivity contribution in [2.45, 2.75) is 6.54 Å². The molecule has 26 heavy (non-hydrogen) atoms. The van der Waals surface area contributed by atoms with Crippen molar-refractivity contribution in [2.24, 2.45) is 0 Å². The smallest absolute Gasteiger partial charge is 0.134 e. The first-order valence-electron chi connectivity index (χ1n) is 8.33. The number of benzene rings is 3. The molecule has 128 valence electrons. The van der Waals surface area contributed by atoms with Gasteiger partial charge in [-0.1, -0.05) is 60.1 Å². The average Bonchev–Trinajstić information content (AvgIpc) is 3.01. The Morgan fingerprint density at radius 2 is 1.62 bits per heavy atom. The largest absolute Gasteiger partial charge is 0.320 e. The summed E-state index contributed by atoms with van der Waals surface area (Å²) < 4.78 is 15.2. The molecule has 0 fully saturated rings. The van der Waals surface area contributed by atoms with Crippen LogP contribution in [0.25, 0.3) is 23.2 Å². The molecule has 3 aromatic carbocycles. The van der Waals surface area contributed by atoms with Crippen molar-refractivity contribution in [1.29, 1.82) is 0 Å². The molecule has 0 aliphatic carbocycles. The Hall–Kier alpha value is -2.91. The molecule has 2 nitrogen and oxygen atoms in total. The van der Waals surface area contributed by atoms with E-state index in [-0.39, 0.29) is 5.82 Å². The predicted octanol–water partition coefficient (Wildman–Crippen LogP) is 6.05. The standard InChI is InChI=1S/C22H16ClFN2/c23-19-6-2-1-5-17(19)15-26-21-8-4-3-7-20(21)25-22(26)14-11-16-9-12-18(24)13-10-16/h1-14H,15H2. The zero-order valence-corrected chi connectivity index (χ0v) is 14.7. The maximum absolute atomic E-state index is 13.1. The molecule has 1 heterocycles. The third-order valence-corrected chi connectivity index (χ3v) is 4.63. The molecule has 0 radical (unpaired) electrons. The summed E-state index contributed by atoms with van der Waals surface area (Å²) in [5.74, 6) is 0.587. The Bertz CT molecular complexity index is 1080. The van der Waals surface area contributed by atoms with Crippen LogP contribution < -0.4 is 0 Å². The Balaban J connectivity index is 1.76. The van der Waals surface area contributed by atoms with Gasteiger partial charge in [-0.15, -0.1) is 0 Å². The van der Waals surface area contributed by atoms with E-state index in [1.807, 2.05) is 54.6 Å². The van der Waals surface area contributed by atoms with Gasteiger partial charge in [-0.2, -0.15) is 0 Å². The second-order valence-corrected chi connectivity index (χ2v) is 6.43. The van der Waals surface area contributed by atoms with Crippen molar-refractivity contribution in [3.05, 3.63) is 101 Å². The zero-order valence-electron chi connectivity index (χ0n) is 13.9. The van der Waals surface area contributed by atoms with Crippen LogP contribution in [0.3, 0.4) is 0 Å². The fourth-order valence-corrected chi connectivity index (χ4v) is 3.12. The number of halogens is 2. The van der Waals surface area contributed by atoms with Crippen molar-refractivity contribution >= 4 is 34.8 Å². The normalized spacial score (nSPS) is 11.5. The lowest BCUT2D eigenvalue weighted by atomic mass is 10.2. The van der Waals surface area contributed by atoms with Crippen molar-refractivity contribution in [2.75, 3.05) is 0 Å². The highest BCUT2D eigenvalue weighted by Crippen LogP contribution is 2.23. The molecule has 0 aliphatic rings. The summed E-state index contributed by atoms with van der Waals surface area (Å²) in [5.41, 5.74) is 3.93. The number of imidazole rings is 1. The molecule has 0 aliphatic heterocycles. The van der Waals surface area contributed by atoms with Gasteiger partial charge < -0.3 is 4.57 Å². The monoisotopic (exact) mass is 362 g/mol. The number of hydrogen-bond donors (Lipinski definition) is 0. The van der Waals surface area contributed by atoms with Crippen LogP contribution in [0.4, 0.5) is 4.39 Å². The van der Waals surface area contributed by atoms with E-state index in [2.05, 4.69) is 10.6 Å². The summed E-state index contributed by atoms with van der Waals surface area (Å²) in [5, 5.41) is 0.735. The van der Waals surface area contributed by atoms with E-state index < -0.39 is 0 Å². The number of fused-ring (bicyclic) bond motifs is 1. The summed E-state index contributed by atoms with van der Waals surface area (Å²) in [6.45, 7) is 0.628. The molecule has 4 heteroatoms. The predicted molar refractivity (Wildman–Crippen MR) is 106 cm³/mol. The van der Waals surface area contributed by atoms with Gasteiger partial charge in [-0.25, -0.2) is 9.37 Å². The van der Waals surface area contributed by atoms with Crippen LogP contribution in [-0.2, 0) is 6.54 Å². The molecule has 0 saturated carbocycles. The fourth-order valence-electron chi connectivity index (χ4n) is 2.93. The van der Waals surface area contributed by atoms with E-state index in [1.54, 1.807) is 12.1 Å². The maximum Gasteiger partial charge on any atom is 0.134 e. The van der Waals surface area contributed by atoms with Gasteiger partial charge in [0.25, 0.3) is 0 Å². The molecule has 1 aromatic heterocycles. The molecule has 0 amide bonds. The van der Waals surface area contributed by atoms with Gasteiger partial charge in [0.1, 0.15) is 11.6 Å². The van der Waals surface area contributed by atoms with Crippen LogP contribution >= 0.6 is 11.6 Å². The minimum atomic E-state index is -0.242. The number of rotatable bonds is 4. The quantitative estimate of drug-likeness (QED) is 0.432. The molecule has 0 spiro atoms. The first-order chi connectivity index (χ1) is 12.7. The molecule has 0 saturated heterocycles. The minimum Gasteiger partial charge on any atom is -0.320 e. The number of aromatic nitrogens is 2. The lowest BCUT2D eigenvalue weighted by Crippen LogP contribution is -2.02. The lowest BCUT2D eigenvalue weighted by Gasteiger charge is -2.09.